The topological polar surface area (TPSA) is 21.3 Å². The molecule has 2 aromatic rings. The van der Waals surface area contributed by atoms with Crippen molar-refractivity contribution in [1.82, 2.24) is 5.32 Å². The van der Waals surface area contributed by atoms with E-state index in [4.69, 9.17) is 4.74 Å². The molecule has 0 amide bonds. The van der Waals surface area contributed by atoms with Crippen LogP contribution in [0.5, 0.6) is 5.75 Å². The van der Waals surface area contributed by atoms with Crippen LogP contribution in [0.3, 0.4) is 0 Å². The van der Waals surface area contributed by atoms with Crippen molar-refractivity contribution < 1.29 is 4.74 Å². The average Bonchev–Trinajstić information content (AvgIpc) is 2.46. The molecular formula is C18H22BrNO. The van der Waals surface area contributed by atoms with Gasteiger partial charge in [-0.1, -0.05) is 40.2 Å². The molecule has 112 valence electrons. The number of likely N-dealkylation sites (N-methyl/N-ethyl adjacent to an activating group) is 1. The van der Waals surface area contributed by atoms with Crippen LogP contribution in [0, 0.1) is 6.92 Å². The van der Waals surface area contributed by atoms with Gasteiger partial charge in [-0.25, -0.2) is 0 Å². The summed E-state index contributed by atoms with van der Waals surface area (Å²) in [6.07, 6.45) is 1.99. The van der Waals surface area contributed by atoms with Crippen molar-refractivity contribution in [2.24, 2.45) is 0 Å². The minimum atomic E-state index is 0.420. The fourth-order valence-electron chi connectivity index (χ4n) is 2.32. The fourth-order valence-corrected chi connectivity index (χ4v) is 2.77. The Hall–Kier alpha value is -1.32. The molecule has 0 saturated carbocycles. The number of hydrogen-bond acceptors (Lipinski definition) is 2. The van der Waals surface area contributed by atoms with Crippen molar-refractivity contribution >= 4 is 15.9 Å². The Balaban J connectivity index is 1.82. The van der Waals surface area contributed by atoms with Gasteiger partial charge in [0, 0.05) is 10.5 Å². The Morgan fingerprint density at radius 3 is 2.67 bits per heavy atom. The number of nitrogens with one attached hydrogen (secondary N) is 1. The molecule has 2 rings (SSSR count). The van der Waals surface area contributed by atoms with Crippen LogP contribution < -0.4 is 10.1 Å². The van der Waals surface area contributed by atoms with E-state index in [9.17, 15) is 0 Å². The predicted octanol–water partition coefficient (Wildman–Crippen LogP) is 4.36. The number of aryl methyl sites for hydroxylation is 1. The van der Waals surface area contributed by atoms with Crippen LogP contribution in [0.15, 0.2) is 53.0 Å². The highest BCUT2D eigenvalue weighted by molar-refractivity contribution is 9.10. The summed E-state index contributed by atoms with van der Waals surface area (Å²) >= 11 is 3.52. The standard InChI is InChI=1S/C18H22BrNO/c1-14-5-3-8-18(11-14)21-10-9-17(20-2)13-15-6-4-7-16(19)12-15/h3-8,11-12,17,20H,9-10,13H2,1-2H3. The number of halogens is 1. The molecule has 0 saturated heterocycles. The van der Waals surface area contributed by atoms with Gasteiger partial charge in [0.2, 0.25) is 0 Å². The molecule has 1 atom stereocenters. The van der Waals surface area contributed by atoms with Gasteiger partial charge in [-0.3, -0.25) is 0 Å². The molecule has 2 aromatic carbocycles. The molecule has 1 unspecified atom stereocenters. The number of ether oxygens (including phenoxy) is 1. The van der Waals surface area contributed by atoms with Gasteiger partial charge in [0.15, 0.2) is 0 Å². The van der Waals surface area contributed by atoms with Gasteiger partial charge in [0.1, 0.15) is 5.75 Å². The van der Waals surface area contributed by atoms with E-state index in [1.54, 1.807) is 0 Å². The minimum absolute atomic E-state index is 0.420. The lowest BCUT2D eigenvalue weighted by Gasteiger charge is -2.17. The summed E-state index contributed by atoms with van der Waals surface area (Å²) in [6.45, 7) is 2.81. The Bertz CT molecular complexity index is 571. The molecule has 0 aliphatic carbocycles. The van der Waals surface area contributed by atoms with Crippen molar-refractivity contribution in [3.05, 3.63) is 64.1 Å². The summed E-state index contributed by atoms with van der Waals surface area (Å²) in [4.78, 5) is 0. The molecule has 0 aliphatic rings. The monoisotopic (exact) mass is 347 g/mol. The fraction of sp³-hybridized carbons (Fsp3) is 0.333. The Kier molecular flexibility index (Phi) is 6.27. The quantitative estimate of drug-likeness (QED) is 0.803. The van der Waals surface area contributed by atoms with Gasteiger partial charge in [0.05, 0.1) is 6.61 Å². The first kappa shape index (κ1) is 16.1. The highest BCUT2D eigenvalue weighted by Gasteiger charge is 2.08. The minimum Gasteiger partial charge on any atom is -0.494 e. The predicted molar refractivity (Wildman–Crippen MR) is 92.0 cm³/mol. The SMILES string of the molecule is CNC(CCOc1cccc(C)c1)Cc1cccc(Br)c1. The molecule has 2 nitrogen and oxygen atoms in total. The second-order valence-electron chi connectivity index (χ2n) is 5.27. The zero-order chi connectivity index (χ0) is 15.1. The van der Waals surface area contributed by atoms with Gasteiger partial charge in [-0.2, -0.15) is 0 Å². The second kappa shape index (κ2) is 8.20. The van der Waals surface area contributed by atoms with Gasteiger partial charge in [-0.15, -0.1) is 0 Å². The molecule has 0 fully saturated rings. The molecule has 0 heterocycles. The van der Waals surface area contributed by atoms with E-state index in [0.29, 0.717) is 6.04 Å². The third-order valence-corrected chi connectivity index (χ3v) is 4.00. The van der Waals surface area contributed by atoms with Gasteiger partial charge >= 0.3 is 0 Å². The molecule has 0 radical (unpaired) electrons. The van der Waals surface area contributed by atoms with Crippen LogP contribution in [-0.4, -0.2) is 19.7 Å². The van der Waals surface area contributed by atoms with Crippen molar-refractivity contribution in [3.8, 4) is 5.75 Å². The van der Waals surface area contributed by atoms with E-state index in [0.717, 1.165) is 29.7 Å². The van der Waals surface area contributed by atoms with Crippen LogP contribution in [0.1, 0.15) is 17.5 Å². The summed E-state index contributed by atoms with van der Waals surface area (Å²) in [5.74, 6) is 0.951. The van der Waals surface area contributed by atoms with Crippen LogP contribution in [0.25, 0.3) is 0 Å². The summed E-state index contributed by atoms with van der Waals surface area (Å²) in [5, 5.41) is 3.37. The summed E-state index contributed by atoms with van der Waals surface area (Å²) in [6, 6.07) is 17.1. The van der Waals surface area contributed by atoms with E-state index in [1.807, 2.05) is 19.2 Å². The Morgan fingerprint density at radius 1 is 1.14 bits per heavy atom. The van der Waals surface area contributed by atoms with Gasteiger partial charge in [0.25, 0.3) is 0 Å². The lowest BCUT2D eigenvalue weighted by atomic mass is 10.0. The molecule has 0 spiro atoms. The third-order valence-electron chi connectivity index (χ3n) is 3.50. The number of hydrogen-bond donors (Lipinski definition) is 1. The number of rotatable bonds is 7. The number of benzene rings is 2. The van der Waals surface area contributed by atoms with Crippen molar-refractivity contribution in [3.63, 3.8) is 0 Å². The van der Waals surface area contributed by atoms with Gasteiger partial charge < -0.3 is 10.1 Å². The smallest absolute Gasteiger partial charge is 0.119 e. The van der Waals surface area contributed by atoms with Crippen LogP contribution in [0.4, 0.5) is 0 Å². The molecule has 0 aliphatic heterocycles. The van der Waals surface area contributed by atoms with Crippen LogP contribution >= 0.6 is 15.9 Å². The lowest BCUT2D eigenvalue weighted by molar-refractivity contribution is 0.288. The van der Waals surface area contributed by atoms with E-state index in [1.165, 1.54) is 11.1 Å². The maximum Gasteiger partial charge on any atom is 0.119 e. The first-order valence-electron chi connectivity index (χ1n) is 7.28. The van der Waals surface area contributed by atoms with Crippen LogP contribution in [0.2, 0.25) is 0 Å². The molecule has 21 heavy (non-hydrogen) atoms. The largest absolute Gasteiger partial charge is 0.494 e. The maximum atomic E-state index is 5.83. The third kappa shape index (κ3) is 5.52. The molecule has 0 bridgehead atoms. The summed E-state index contributed by atoms with van der Waals surface area (Å²) < 4.78 is 6.96. The first-order valence-corrected chi connectivity index (χ1v) is 8.08. The van der Waals surface area contributed by atoms with E-state index in [-0.39, 0.29) is 0 Å². The highest BCUT2D eigenvalue weighted by atomic mass is 79.9. The first-order chi connectivity index (χ1) is 10.2. The second-order valence-corrected chi connectivity index (χ2v) is 6.19. The Morgan fingerprint density at radius 2 is 1.95 bits per heavy atom. The van der Waals surface area contributed by atoms with Gasteiger partial charge in [-0.05, 0) is 62.2 Å². The van der Waals surface area contributed by atoms with Crippen LogP contribution in [-0.2, 0) is 6.42 Å². The average molecular weight is 348 g/mol. The summed E-state index contributed by atoms with van der Waals surface area (Å²) in [5.41, 5.74) is 2.56. The van der Waals surface area contributed by atoms with E-state index >= 15 is 0 Å². The highest BCUT2D eigenvalue weighted by Crippen LogP contribution is 2.15. The summed E-state index contributed by atoms with van der Waals surface area (Å²) in [7, 11) is 2.01. The molecule has 1 N–H and O–H groups in total. The molecular weight excluding hydrogens is 326 g/mol. The van der Waals surface area contributed by atoms with Crippen molar-refractivity contribution in [2.45, 2.75) is 25.8 Å². The van der Waals surface area contributed by atoms with E-state index < -0.39 is 0 Å². The van der Waals surface area contributed by atoms with E-state index in [2.05, 4.69) is 64.6 Å². The van der Waals surface area contributed by atoms with Crippen molar-refractivity contribution in [1.29, 1.82) is 0 Å². The zero-order valence-electron chi connectivity index (χ0n) is 12.6. The normalized spacial score (nSPS) is 12.1. The molecule has 0 aromatic heterocycles. The Labute approximate surface area is 135 Å². The maximum absolute atomic E-state index is 5.83. The van der Waals surface area contributed by atoms with Crippen molar-refractivity contribution in [2.75, 3.05) is 13.7 Å². The molecule has 3 heteroatoms. The zero-order valence-corrected chi connectivity index (χ0v) is 14.2. The lowest BCUT2D eigenvalue weighted by Crippen LogP contribution is -2.29.